The Labute approximate surface area is 278 Å². The quantitative estimate of drug-likeness (QED) is 0.262. The van der Waals surface area contributed by atoms with Crippen LogP contribution in [0.1, 0.15) is 36.9 Å². The van der Waals surface area contributed by atoms with Crippen LogP contribution in [-0.2, 0) is 21.3 Å². The van der Waals surface area contributed by atoms with Gasteiger partial charge in [-0.25, -0.2) is 28.5 Å². The first-order chi connectivity index (χ1) is 23.7. The van der Waals surface area contributed by atoms with Gasteiger partial charge in [0.25, 0.3) is 6.43 Å². The molecule has 1 spiro atoms. The average molecular weight is 672 g/mol. The number of aromatic nitrogens is 5. The van der Waals surface area contributed by atoms with Gasteiger partial charge in [0.15, 0.2) is 17.2 Å². The van der Waals surface area contributed by atoms with E-state index >= 15 is 0 Å². The first-order valence-corrected chi connectivity index (χ1v) is 15.8. The number of aryl methyl sites for hydroxylation is 1. The summed E-state index contributed by atoms with van der Waals surface area (Å²) in [6.07, 6.45) is -0.241. The summed E-state index contributed by atoms with van der Waals surface area (Å²) >= 11 is 0. The molecule has 3 atom stereocenters. The second kappa shape index (κ2) is 12.0. The van der Waals surface area contributed by atoms with Crippen molar-refractivity contribution < 1.29 is 37.3 Å². The molecule has 15 heteroatoms. The maximum atomic E-state index is 14.1. The molecule has 3 saturated heterocycles. The Morgan fingerprint density at radius 3 is 2.73 bits per heavy atom. The number of halogens is 2. The van der Waals surface area contributed by atoms with E-state index in [4.69, 9.17) is 18.6 Å². The lowest BCUT2D eigenvalue weighted by atomic mass is 9.90. The Bertz CT molecular complexity index is 2140. The minimum absolute atomic E-state index is 0.0155. The van der Waals surface area contributed by atoms with Gasteiger partial charge < -0.3 is 33.5 Å². The van der Waals surface area contributed by atoms with Crippen LogP contribution < -0.4 is 14.5 Å². The largest absolute Gasteiger partial charge is 0.480 e. The van der Waals surface area contributed by atoms with Crippen molar-refractivity contribution in [1.29, 1.82) is 0 Å². The second-order valence-corrected chi connectivity index (χ2v) is 12.4. The molecule has 7 heterocycles. The van der Waals surface area contributed by atoms with Gasteiger partial charge in [-0.15, -0.1) is 0 Å². The van der Waals surface area contributed by atoms with Crippen LogP contribution in [0.3, 0.4) is 0 Å². The average Bonchev–Trinajstić information content (AvgIpc) is 3.80. The van der Waals surface area contributed by atoms with Gasteiger partial charge in [-0.05, 0) is 37.1 Å². The molecule has 5 aromatic rings. The molecule has 0 radical (unpaired) electrons. The van der Waals surface area contributed by atoms with Crippen LogP contribution in [0.4, 0.5) is 20.3 Å². The molecular weight excluding hydrogens is 640 g/mol. The van der Waals surface area contributed by atoms with Gasteiger partial charge in [0.2, 0.25) is 5.88 Å². The zero-order valence-corrected chi connectivity index (χ0v) is 26.5. The smallest absolute Gasteiger partial charge is 0.326 e. The summed E-state index contributed by atoms with van der Waals surface area (Å²) in [7, 11) is 1.82. The van der Waals surface area contributed by atoms with Crippen molar-refractivity contribution in [2.45, 2.75) is 43.6 Å². The number of furan rings is 1. The van der Waals surface area contributed by atoms with Crippen LogP contribution in [0.25, 0.3) is 22.1 Å². The van der Waals surface area contributed by atoms with E-state index in [0.717, 1.165) is 0 Å². The Morgan fingerprint density at radius 1 is 1.16 bits per heavy atom. The van der Waals surface area contributed by atoms with Crippen molar-refractivity contribution in [3.05, 3.63) is 65.9 Å². The zero-order chi connectivity index (χ0) is 33.9. The van der Waals surface area contributed by atoms with E-state index in [1.165, 1.54) is 4.90 Å². The summed E-state index contributed by atoms with van der Waals surface area (Å²) in [6, 6.07) is 9.36. The number of carboxylic acids is 1. The van der Waals surface area contributed by atoms with Crippen LogP contribution in [0.2, 0.25) is 0 Å². The molecule has 3 aliphatic heterocycles. The molecule has 3 aliphatic rings. The molecule has 1 unspecified atom stereocenters. The molecular formula is C34H31F2N7O6. The van der Waals surface area contributed by atoms with Crippen molar-refractivity contribution in [3.63, 3.8) is 0 Å². The van der Waals surface area contributed by atoms with Crippen molar-refractivity contribution in [2.75, 3.05) is 42.7 Å². The number of aliphatic carboxylic acids is 1. The summed E-state index contributed by atoms with van der Waals surface area (Å²) in [5.41, 5.74) is 2.17. The van der Waals surface area contributed by atoms with Gasteiger partial charge in [0.1, 0.15) is 40.2 Å². The maximum Gasteiger partial charge on any atom is 0.326 e. The molecule has 3 fully saturated rings. The Hall–Kier alpha value is -5.33. The van der Waals surface area contributed by atoms with Gasteiger partial charge in [-0.1, -0.05) is 18.1 Å². The summed E-state index contributed by atoms with van der Waals surface area (Å²) in [5, 5.41) is 15.1. The first kappa shape index (κ1) is 31.0. The number of pyridine rings is 1. The minimum atomic E-state index is -2.99. The molecule has 0 saturated carbocycles. The fraction of sp³-hybridized carbons (Fsp3) is 0.382. The Balaban J connectivity index is 1.15. The van der Waals surface area contributed by atoms with Crippen LogP contribution in [0, 0.1) is 11.8 Å². The third-order valence-electron chi connectivity index (χ3n) is 9.35. The lowest BCUT2D eigenvalue weighted by Crippen LogP contribution is -2.68. The third-order valence-corrected chi connectivity index (χ3v) is 9.35. The van der Waals surface area contributed by atoms with Gasteiger partial charge in [0.05, 0.1) is 32.4 Å². The highest BCUT2D eigenvalue weighted by molar-refractivity contribution is 6.06. The topological polar surface area (TPSA) is 141 Å². The molecule has 0 aliphatic carbocycles. The van der Waals surface area contributed by atoms with E-state index in [2.05, 4.69) is 43.7 Å². The second-order valence-electron chi connectivity index (χ2n) is 12.4. The summed E-state index contributed by atoms with van der Waals surface area (Å²) in [4.78, 5) is 29.1. The van der Waals surface area contributed by atoms with Gasteiger partial charge >= 0.3 is 5.97 Å². The predicted molar refractivity (Wildman–Crippen MR) is 172 cm³/mol. The molecule has 1 N–H and O–H groups in total. The number of hydrogen-bond acceptors (Lipinski definition) is 11. The lowest BCUT2D eigenvalue weighted by Gasteiger charge is -2.53. The number of anilines is 2. The number of carbonyl (C=O) groups is 1. The predicted octanol–water partition coefficient (Wildman–Crippen LogP) is 3.95. The molecule has 8 rings (SSSR count). The number of nitrogens with zero attached hydrogens (tertiary/aromatic N) is 7. The van der Waals surface area contributed by atoms with Gasteiger partial charge in [0, 0.05) is 43.4 Å². The molecule has 1 aromatic carbocycles. The van der Waals surface area contributed by atoms with Crippen molar-refractivity contribution in [3.8, 4) is 17.7 Å². The van der Waals surface area contributed by atoms with Gasteiger partial charge in [-0.3, -0.25) is 4.68 Å². The maximum absolute atomic E-state index is 14.1. The van der Waals surface area contributed by atoms with Gasteiger partial charge in [-0.2, -0.15) is 5.10 Å². The fourth-order valence-electron chi connectivity index (χ4n) is 6.72. The normalized spacial score (nSPS) is 21.7. The van der Waals surface area contributed by atoms with Crippen molar-refractivity contribution in [2.24, 2.45) is 7.05 Å². The Kier molecular flexibility index (Phi) is 7.57. The number of rotatable bonds is 6. The number of para-hydroxylation sites is 1. The first-order valence-electron chi connectivity index (χ1n) is 15.8. The van der Waals surface area contributed by atoms with Crippen LogP contribution in [0.15, 0.2) is 53.2 Å². The number of ether oxygens (including phenoxy) is 3. The van der Waals surface area contributed by atoms with E-state index in [-0.39, 0.29) is 41.8 Å². The zero-order valence-electron chi connectivity index (χ0n) is 26.5. The minimum Gasteiger partial charge on any atom is -0.480 e. The standard InChI is InChI=1S/C34H31F2N7O6/c1-19-34(17-46-18-34)47-12-11-42(19)24-13-20(7-8-21-9-10-41(2)40-21)15-37-32(24)48-22-14-25(33(44)45)43(16-22)31-28-27(38-30(39-31)29(35)36)23-5-3-4-6-26(23)49-28/h3-6,9-10,13,15,19,22,25,29H,11-12,14,16-18H2,1-2H3,(H,44,45)/t19-,22?,25-/m0/s1. The van der Waals surface area contributed by atoms with E-state index in [1.807, 2.05) is 25.4 Å². The van der Waals surface area contributed by atoms with E-state index in [0.29, 0.717) is 54.3 Å². The molecule has 0 bridgehead atoms. The van der Waals surface area contributed by atoms with Crippen LogP contribution in [0.5, 0.6) is 5.88 Å². The van der Waals surface area contributed by atoms with Crippen LogP contribution >= 0.6 is 0 Å². The lowest BCUT2D eigenvalue weighted by molar-refractivity contribution is -0.228. The van der Waals surface area contributed by atoms with Crippen molar-refractivity contribution in [1.82, 2.24) is 24.7 Å². The number of hydrogen-bond donors (Lipinski definition) is 1. The summed E-state index contributed by atoms with van der Waals surface area (Å²) in [5.74, 6) is 4.57. The molecule has 0 amide bonds. The fourth-order valence-corrected chi connectivity index (χ4v) is 6.72. The third kappa shape index (κ3) is 5.46. The van der Waals surface area contributed by atoms with Crippen LogP contribution in [-0.4, -0.2) is 92.5 Å². The van der Waals surface area contributed by atoms with E-state index in [9.17, 15) is 18.7 Å². The van der Waals surface area contributed by atoms with Crippen molar-refractivity contribution >= 4 is 39.5 Å². The molecule has 49 heavy (non-hydrogen) atoms. The summed E-state index contributed by atoms with van der Waals surface area (Å²) < 4.78 is 54.0. The SMILES string of the molecule is C[C@@H]1N(c2cc(C#Cc3ccn(C)n3)cnc2OC2C[C@@H](C(=O)O)N(c3nc(C(F)F)nc4c3oc3ccccc34)C2)CCOC12COC2. The number of morpholine rings is 1. The highest BCUT2D eigenvalue weighted by atomic mass is 19.3. The number of alkyl halides is 2. The molecule has 13 nitrogen and oxygen atoms in total. The number of benzene rings is 1. The highest BCUT2D eigenvalue weighted by Crippen LogP contribution is 2.41. The molecule has 252 valence electrons. The van der Waals surface area contributed by atoms with E-state index < -0.39 is 36.0 Å². The monoisotopic (exact) mass is 671 g/mol. The van der Waals surface area contributed by atoms with E-state index in [1.54, 1.807) is 35.1 Å². The molecule has 4 aromatic heterocycles. The summed E-state index contributed by atoms with van der Waals surface area (Å²) in [6.45, 7) is 4.00. The number of fused-ring (bicyclic) bond motifs is 3. The Morgan fingerprint density at radius 2 is 2.00 bits per heavy atom. The highest BCUT2D eigenvalue weighted by Gasteiger charge is 2.50. The number of carboxylic acid groups (broad SMARTS) is 1.